The lowest BCUT2D eigenvalue weighted by Crippen LogP contribution is -1.90. The highest BCUT2D eigenvalue weighted by Gasteiger charge is 2.15. The summed E-state index contributed by atoms with van der Waals surface area (Å²) in [7, 11) is 0. The lowest BCUT2D eigenvalue weighted by Gasteiger charge is -1.96. The van der Waals surface area contributed by atoms with Gasteiger partial charge in [-0.15, -0.1) is 0 Å². The summed E-state index contributed by atoms with van der Waals surface area (Å²) in [5.74, 6) is -3.80. The van der Waals surface area contributed by atoms with Crippen LogP contribution in [0.5, 0.6) is 0 Å². The Morgan fingerprint density at radius 2 is 1.56 bits per heavy atom. The fraction of sp³-hybridized carbons (Fsp3) is 0. The Balaban J connectivity index is 2.27. The van der Waals surface area contributed by atoms with Gasteiger partial charge in [-0.25, -0.2) is 13.2 Å². The SMILES string of the molecule is Fc1cc2[nH]c(-c3ccccc3)cc2c(F)c1F. The standard InChI is InChI=1S/C14H8F3N/c15-10-7-12-9(13(16)14(10)17)6-11(18-12)8-4-2-1-3-5-8/h1-7,18H. The molecule has 0 saturated heterocycles. The number of nitrogens with one attached hydrogen (secondary N) is 1. The molecule has 90 valence electrons. The van der Waals surface area contributed by atoms with E-state index in [4.69, 9.17) is 0 Å². The van der Waals surface area contributed by atoms with E-state index in [1.807, 2.05) is 30.3 Å². The Morgan fingerprint density at radius 3 is 2.28 bits per heavy atom. The first-order chi connectivity index (χ1) is 8.66. The van der Waals surface area contributed by atoms with Crippen molar-refractivity contribution in [2.45, 2.75) is 0 Å². The van der Waals surface area contributed by atoms with Crippen LogP contribution in [0.15, 0.2) is 42.5 Å². The average molecular weight is 247 g/mol. The van der Waals surface area contributed by atoms with E-state index >= 15 is 0 Å². The zero-order valence-corrected chi connectivity index (χ0v) is 9.18. The van der Waals surface area contributed by atoms with Crippen LogP contribution in [0, 0.1) is 17.5 Å². The maximum Gasteiger partial charge on any atom is 0.195 e. The van der Waals surface area contributed by atoms with Gasteiger partial charge >= 0.3 is 0 Å². The van der Waals surface area contributed by atoms with Gasteiger partial charge in [0.05, 0.1) is 5.52 Å². The summed E-state index contributed by atoms with van der Waals surface area (Å²) in [5, 5.41) is 0.0488. The Morgan fingerprint density at radius 1 is 0.833 bits per heavy atom. The van der Waals surface area contributed by atoms with Gasteiger partial charge < -0.3 is 4.98 Å². The van der Waals surface area contributed by atoms with Crippen molar-refractivity contribution in [3.63, 3.8) is 0 Å². The van der Waals surface area contributed by atoms with E-state index in [2.05, 4.69) is 4.98 Å². The van der Waals surface area contributed by atoms with E-state index in [1.165, 1.54) is 6.07 Å². The van der Waals surface area contributed by atoms with Gasteiger partial charge in [0.15, 0.2) is 17.5 Å². The molecule has 1 heterocycles. The third-order valence-corrected chi connectivity index (χ3v) is 2.84. The minimum absolute atomic E-state index is 0.0488. The van der Waals surface area contributed by atoms with Gasteiger partial charge in [-0.1, -0.05) is 30.3 Å². The van der Waals surface area contributed by atoms with E-state index in [-0.39, 0.29) is 10.9 Å². The van der Waals surface area contributed by atoms with Crippen molar-refractivity contribution in [2.75, 3.05) is 0 Å². The van der Waals surface area contributed by atoms with E-state index < -0.39 is 17.5 Å². The molecule has 0 atom stereocenters. The number of aromatic nitrogens is 1. The van der Waals surface area contributed by atoms with E-state index in [0.29, 0.717) is 5.69 Å². The highest BCUT2D eigenvalue weighted by atomic mass is 19.2. The summed E-state index contributed by atoms with van der Waals surface area (Å²) < 4.78 is 39.7. The van der Waals surface area contributed by atoms with Crippen molar-refractivity contribution in [2.24, 2.45) is 0 Å². The van der Waals surface area contributed by atoms with Gasteiger partial charge in [-0.3, -0.25) is 0 Å². The number of rotatable bonds is 1. The zero-order chi connectivity index (χ0) is 12.7. The zero-order valence-electron chi connectivity index (χ0n) is 9.18. The molecule has 3 rings (SSSR count). The molecule has 0 radical (unpaired) electrons. The molecule has 0 aliphatic carbocycles. The molecule has 1 nitrogen and oxygen atoms in total. The Labute approximate surface area is 101 Å². The van der Waals surface area contributed by atoms with Crippen LogP contribution in [0.1, 0.15) is 0 Å². The van der Waals surface area contributed by atoms with Crippen LogP contribution in [0.3, 0.4) is 0 Å². The first-order valence-electron chi connectivity index (χ1n) is 5.38. The summed E-state index contributed by atoms with van der Waals surface area (Å²) in [5.41, 5.74) is 1.69. The molecule has 0 bridgehead atoms. The molecule has 18 heavy (non-hydrogen) atoms. The Kier molecular flexibility index (Phi) is 2.37. The minimum Gasteiger partial charge on any atom is -0.354 e. The molecule has 0 saturated carbocycles. The second-order valence-corrected chi connectivity index (χ2v) is 4.00. The van der Waals surface area contributed by atoms with E-state index in [1.54, 1.807) is 0 Å². The molecular weight excluding hydrogens is 239 g/mol. The molecule has 2 aromatic carbocycles. The molecule has 0 aliphatic heterocycles. The van der Waals surface area contributed by atoms with Crippen molar-refractivity contribution in [3.05, 3.63) is 59.9 Å². The molecule has 0 fully saturated rings. The van der Waals surface area contributed by atoms with Crippen molar-refractivity contribution in [3.8, 4) is 11.3 Å². The lowest BCUT2D eigenvalue weighted by molar-refractivity contribution is 0.453. The van der Waals surface area contributed by atoms with Gasteiger partial charge in [0, 0.05) is 17.1 Å². The van der Waals surface area contributed by atoms with Crippen LogP contribution >= 0.6 is 0 Å². The Hall–Kier alpha value is -2.23. The number of fused-ring (bicyclic) bond motifs is 1. The first kappa shape index (κ1) is 10.9. The summed E-state index contributed by atoms with van der Waals surface area (Å²) in [6, 6.07) is 11.6. The van der Waals surface area contributed by atoms with Crippen molar-refractivity contribution in [1.82, 2.24) is 4.98 Å². The van der Waals surface area contributed by atoms with Crippen LogP contribution in [0.25, 0.3) is 22.2 Å². The quantitative estimate of drug-likeness (QED) is 0.619. The number of halogens is 3. The number of benzene rings is 2. The number of H-pyrrole nitrogens is 1. The topological polar surface area (TPSA) is 15.8 Å². The third kappa shape index (κ3) is 1.57. The largest absolute Gasteiger partial charge is 0.354 e. The molecule has 1 aromatic heterocycles. The van der Waals surface area contributed by atoms with Gasteiger partial charge in [-0.05, 0) is 11.6 Å². The fourth-order valence-electron chi connectivity index (χ4n) is 1.95. The van der Waals surface area contributed by atoms with Crippen molar-refractivity contribution < 1.29 is 13.2 Å². The van der Waals surface area contributed by atoms with Crippen molar-refractivity contribution >= 4 is 10.9 Å². The normalized spacial score (nSPS) is 11.1. The van der Waals surface area contributed by atoms with E-state index in [9.17, 15) is 13.2 Å². The molecule has 3 aromatic rings. The Bertz CT molecular complexity index is 717. The second kappa shape index (κ2) is 3.91. The second-order valence-electron chi connectivity index (χ2n) is 4.00. The maximum absolute atomic E-state index is 13.6. The van der Waals surface area contributed by atoms with Gasteiger partial charge in [0.25, 0.3) is 0 Å². The third-order valence-electron chi connectivity index (χ3n) is 2.84. The molecule has 0 unspecified atom stereocenters. The summed E-state index contributed by atoms with van der Waals surface area (Å²) in [6.45, 7) is 0. The smallest absolute Gasteiger partial charge is 0.195 e. The monoisotopic (exact) mass is 247 g/mol. The number of hydrogen-bond acceptors (Lipinski definition) is 0. The highest BCUT2D eigenvalue weighted by molar-refractivity contribution is 5.86. The van der Waals surface area contributed by atoms with Crippen LogP contribution in [-0.2, 0) is 0 Å². The van der Waals surface area contributed by atoms with Gasteiger partial charge in [0.2, 0.25) is 0 Å². The maximum atomic E-state index is 13.6. The molecule has 1 N–H and O–H groups in total. The van der Waals surface area contributed by atoms with E-state index in [0.717, 1.165) is 11.6 Å². The molecule has 0 amide bonds. The summed E-state index contributed by atoms with van der Waals surface area (Å²) in [4.78, 5) is 2.87. The molecule has 0 aliphatic rings. The first-order valence-corrected chi connectivity index (χ1v) is 5.38. The number of hydrogen-bond donors (Lipinski definition) is 1. The summed E-state index contributed by atoms with van der Waals surface area (Å²) >= 11 is 0. The molecule has 4 heteroatoms. The minimum atomic E-state index is -1.44. The van der Waals surface area contributed by atoms with Crippen LogP contribution in [0.2, 0.25) is 0 Å². The lowest BCUT2D eigenvalue weighted by atomic mass is 10.1. The fourth-order valence-corrected chi connectivity index (χ4v) is 1.95. The molecule has 0 spiro atoms. The molecular formula is C14H8F3N. The predicted molar refractivity (Wildman–Crippen MR) is 63.6 cm³/mol. The van der Waals surface area contributed by atoms with Crippen molar-refractivity contribution in [1.29, 1.82) is 0 Å². The summed E-state index contributed by atoms with van der Waals surface area (Å²) in [6.07, 6.45) is 0. The number of aromatic amines is 1. The van der Waals surface area contributed by atoms with Crippen LogP contribution < -0.4 is 0 Å². The van der Waals surface area contributed by atoms with Crippen LogP contribution in [0.4, 0.5) is 13.2 Å². The van der Waals surface area contributed by atoms with Gasteiger partial charge in [0.1, 0.15) is 0 Å². The van der Waals surface area contributed by atoms with Gasteiger partial charge in [-0.2, -0.15) is 0 Å². The highest BCUT2D eigenvalue weighted by Crippen LogP contribution is 2.28. The average Bonchev–Trinajstić information content (AvgIpc) is 2.81. The van der Waals surface area contributed by atoms with Crippen LogP contribution in [-0.4, -0.2) is 4.98 Å². The predicted octanol–water partition coefficient (Wildman–Crippen LogP) is 4.25.